The van der Waals surface area contributed by atoms with Crippen LogP contribution in [0.3, 0.4) is 0 Å². The van der Waals surface area contributed by atoms with E-state index in [0.717, 1.165) is 52.1 Å². The van der Waals surface area contributed by atoms with Gasteiger partial charge in [-0.2, -0.15) is 5.10 Å². The highest BCUT2D eigenvalue weighted by Crippen LogP contribution is 2.14. The van der Waals surface area contributed by atoms with Gasteiger partial charge in [0.25, 0.3) is 0 Å². The van der Waals surface area contributed by atoms with Crippen LogP contribution in [-0.4, -0.2) is 58.3 Å². The highest BCUT2D eigenvalue weighted by atomic mass is 15.3. The fourth-order valence-electron chi connectivity index (χ4n) is 3.25. The van der Waals surface area contributed by atoms with Crippen molar-refractivity contribution in [1.82, 2.24) is 19.6 Å². The molecule has 0 aromatic carbocycles. The fourth-order valence-corrected chi connectivity index (χ4v) is 3.25. The van der Waals surface area contributed by atoms with Gasteiger partial charge >= 0.3 is 0 Å². The van der Waals surface area contributed by atoms with E-state index in [-0.39, 0.29) is 0 Å². The average Bonchev–Trinajstić information content (AvgIpc) is 2.86. The molecule has 1 aliphatic rings. The molecule has 1 unspecified atom stereocenters. The van der Waals surface area contributed by atoms with Gasteiger partial charge in [-0.1, -0.05) is 13.8 Å². The van der Waals surface area contributed by atoms with Crippen LogP contribution in [-0.2, 0) is 20.0 Å². The first-order valence-electron chi connectivity index (χ1n) is 8.36. The second-order valence-corrected chi connectivity index (χ2v) is 6.06. The summed E-state index contributed by atoms with van der Waals surface area (Å²) in [6.07, 6.45) is 3.34. The summed E-state index contributed by atoms with van der Waals surface area (Å²) in [4.78, 5) is 5.16. The van der Waals surface area contributed by atoms with Crippen molar-refractivity contribution >= 4 is 0 Å². The highest BCUT2D eigenvalue weighted by molar-refractivity contribution is 5.10. The van der Waals surface area contributed by atoms with E-state index in [4.69, 9.17) is 5.73 Å². The van der Waals surface area contributed by atoms with Crippen LogP contribution in [0.1, 0.15) is 38.1 Å². The maximum absolute atomic E-state index is 5.73. The van der Waals surface area contributed by atoms with E-state index >= 15 is 0 Å². The topological polar surface area (TPSA) is 50.3 Å². The van der Waals surface area contributed by atoms with Gasteiger partial charge in [-0.05, 0) is 31.9 Å². The van der Waals surface area contributed by atoms with Crippen LogP contribution in [0.15, 0.2) is 6.07 Å². The minimum absolute atomic E-state index is 0.667. The molecule has 1 aromatic heterocycles. The van der Waals surface area contributed by atoms with Crippen LogP contribution in [0.2, 0.25) is 0 Å². The predicted molar refractivity (Wildman–Crippen MR) is 87.2 cm³/mol. The molecule has 1 aromatic rings. The lowest BCUT2D eigenvalue weighted by atomic mass is 10.1. The van der Waals surface area contributed by atoms with Crippen molar-refractivity contribution < 1.29 is 0 Å². The maximum Gasteiger partial charge on any atom is 0.0625 e. The quantitative estimate of drug-likeness (QED) is 0.821. The highest BCUT2D eigenvalue weighted by Gasteiger charge is 2.22. The Morgan fingerprint density at radius 1 is 1.24 bits per heavy atom. The van der Waals surface area contributed by atoms with Gasteiger partial charge in [0.1, 0.15) is 0 Å². The molecular weight excluding hydrogens is 262 g/mol. The molecule has 1 saturated heterocycles. The van der Waals surface area contributed by atoms with E-state index < -0.39 is 0 Å². The molecule has 2 rings (SSSR count). The predicted octanol–water partition coefficient (Wildman–Crippen LogP) is 1.23. The van der Waals surface area contributed by atoms with Crippen LogP contribution in [0, 0.1) is 0 Å². The molecule has 0 spiro atoms. The van der Waals surface area contributed by atoms with E-state index in [2.05, 4.69) is 41.9 Å². The molecule has 2 N–H and O–H groups in total. The summed E-state index contributed by atoms with van der Waals surface area (Å²) in [5.74, 6) is 0. The van der Waals surface area contributed by atoms with Crippen LogP contribution >= 0.6 is 0 Å². The molecule has 120 valence electrons. The molecule has 5 heteroatoms. The molecule has 0 amide bonds. The number of rotatable bonds is 7. The SMILES string of the molecule is CCc1cc(CN2CCN(C(CC)CCN)CC2)n(C)n1. The summed E-state index contributed by atoms with van der Waals surface area (Å²) in [6.45, 7) is 10.9. The smallest absolute Gasteiger partial charge is 0.0625 e. The third-order valence-electron chi connectivity index (χ3n) is 4.67. The third-order valence-corrected chi connectivity index (χ3v) is 4.67. The van der Waals surface area contributed by atoms with Gasteiger partial charge in [0, 0.05) is 45.8 Å². The van der Waals surface area contributed by atoms with Crippen molar-refractivity contribution in [2.45, 2.75) is 45.7 Å². The monoisotopic (exact) mass is 293 g/mol. The Bertz CT molecular complexity index is 420. The van der Waals surface area contributed by atoms with E-state index in [0.29, 0.717) is 6.04 Å². The largest absolute Gasteiger partial charge is 0.330 e. The Labute approximate surface area is 129 Å². The second kappa shape index (κ2) is 7.92. The lowest BCUT2D eigenvalue weighted by Gasteiger charge is -2.39. The van der Waals surface area contributed by atoms with E-state index in [1.165, 1.54) is 17.8 Å². The molecule has 1 aliphatic heterocycles. The number of piperazine rings is 1. The summed E-state index contributed by atoms with van der Waals surface area (Å²) in [5, 5.41) is 4.54. The Balaban J connectivity index is 1.84. The minimum Gasteiger partial charge on any atom is -0.330 e. The minimum atomic E-state index is 0.667. The van der Waals surface area contributed by atoms with Gasteiger partial charge in [-0.25, -0.2) is 0 Å². The standard InChI is InChI=1S/C16H31N5/c1-4-14-12-16(19(3)18-14)13-20-8-10-21(11-9-20)15(5-2)6-7-17/h12,15H,4-11,13,17H2,1-3H3. The zero-order valence-corrected chi connectivity index (χ0v) is 13.9. The van der Waals surface area contributed by atoms with Gasteiger partial charge < -0.3 is 5.73 Å². The molecule has 0 saturated carbocycles. The molecule has 21 heavy (non-hydrogen) atoms. The van der Waals surface area contributed by atoms with Crippen molar-refractivity contribution in [3.05, 3.63) is 17.5 Å². The second-order valence-electron chi connectivity index (χ2n) is 6.06. The first-order valence-corrected chi connectivity index (χ1v) is 8.36. The van der Waals surface area contributed by atoms with Gasteiger partial charge in [-0.15, -0.1) is 0 Å². The zero-order valence-electron chi connectivity index (χ0n) is 13.9. The van der Waals surface area contributed by atoms with Gasteiger partial charge in [0.15, 0.2) is 0 Å². The number of nitrogens with two attached hydrogens (primary N) is 1. The third kappa shape index (κ3) is 4.28. The summed E-state index contributed by atoms with van der Waals surface area (Å²) in [7, 11) is 2.05. The number of hydrogen-bond donors (Lipinski definition) is 1. The zero-order chi connectivity index (χ0) is 15.2. The molecule has 0 radical (unpaired) electrons. The Hall–Kier alpha value is -0.910. The Morgan fingerprint density at radius 2 is 1.95 bits per heavy atom. The van der Waals surface area contributed by atoms with E-state index in [1.807, 2.05) is 4.68 Å². The molecule has 1 atom stereocenters. The number of aryl methyl sites for hydroxylation is 2. The van der Waals surface area contributed by atoms with Crippen LogP contribution in [0.5, 0.6) is 0 Å². The van der Waals surface area contributed by atoms with Crippen molar-refractivity contribution in [2.24, 2.45) is 12.8 Å². The molecule has 0 bridgehead atoms. The molecule has 1 fully saturated rings. The first-order chi connectivity index (χ1) is 10.2. The summed E-state index contributed by atoms with van der Waals surface area (Å²) < 4.78 is 2.04. The van der Waals surface area contributed by atoms with Gasteiger partial charge in [-0.3, -0.25) is 14.5 Å². The summed E-state index contributed by atoms with van der Waals surface area (Å²) >= 11 is 0. The Kier molecular flexibility index (Phi) is 6.21. The van der Waals surface area contributed by atoms with E-state index in [1.54, 1.807) is 0 Å². The average molecular weight is 293 g/mol. The van der Waals surface area contributed by atoms with Crippen molar-refractivity contribution in [3.63, 3.8) is 0 Å². The normalized spacial score (nSPS) is 19.0. The molecule has 5 nitrogen and oxygen atoms in total. The summed E-state index contributed by atoms with van der Waals surface area (Å²) in [5.41, 5.74) is 8.25. The van der Waals surface area contributed by atoms with Crippen molar-refractivity contribution in [3.8, 4) is 0 Å². The van der Waals surface area contributed by atoms with Crippen molar-refractivity contribution in [2.75, 3.05) is 32.7 Å². The molecule has 2 heterocycles. The van der Waals surface area contributed by atoms with Crippen molar-refractivity contribution in [1.29, 1.82) is 0 Å². The van der Waals surface area contributed by atoms with Gasteiger partial charge in [0.05, 0.1) is 11.4 Å². The lowest BCUT2D eigenvalue weighted by molar-refractivity contribution is 0.0857. The molecule has 0 aliphatic carbocycles. The van der Waals surface area contributed by atoms with Crippen LogP contribution in [0.25, 0.3) is 0 Å². The van der Waals surface area contributed by atoms with Crippen LogP contribution < -0.4 is 5.73 Å². The fraction of sp³-hybridized carbons (Fsp3) is 0.812. The van der Waals surface area contributed by atoms with Crippen LogP contribution in [0.4, 0.5) is 0 Å². The Morgan fingerprint density at radius 3 is 2.48 bits per heavy atom. The van der Waals surface area contributed by atoms with Gasteiger partial charge in [0.2, 0.25) is 0 Å². The maximum atomic E-state index is 5.73. The first kappa shape index (κ1) is 16.5. The molecular formula is C16H31N5. The van der Waals surface area contributed by atoms with E-state index in [9.17, 15) is 0 Å². The number of aromatic nitrogens is 2. The number of nitrogens with zero attached hydrogens (tertiary/aromatic N) is 4. The number of hydrogen-bond acceptors (Lipinski definition) is 4. The lowest BCUT2D eigenvalue weighted by Crippen LogP contribution is -2.50. The summed E-state index contributed by atoms with van der Waals surface area (Å²) in [6, 6.07) is 2.91.